The Kier molecular flexibility index (Phi) is 6.55. The molecule has 1 heterocycles. The summed E-state index contributed by atoms with van der Waals surface area (Å²) in [7, 11) is 0. The van der Waals surface area contributed by atoms with Crippen molar-refractivity contribution in [3.63, 3.8) is 0 Å². The number of thioether (sulfide) groups is 1. The maximum atomic E-state index is 12.8. The molecule has 27 heavy (non-hydrogen) atoms. The highest BCUT2D eigenvalue weighted by Crippen LogP contribution is 2.24. The van der Waals surface area contributed by atoms with Crippen LogP contribution in [0.5, 0.6) is 0 Å². The monoisotopic (exact) mass is 422 g/mol. The second kappa shape index (κ2) is 8.89. The average molecular weight is 423 g/mol. The van der Waals surface area contributed by atoms with Crippen LogP contribution in [0.25, 0.3) is 10.9 Å². The average Bonchev–Trinajstić information content (AvgIpc) is 2.67. The molecule has 5 nitrogen and oxygen atoms in total. The van der Waals surface area contributed by atoms with Crippen molar-refractivity contribution in [3.05, 3.63) is 68.4 Å². The van der Waals surface area contributed by atoms with Gasteiger partial charge in [-0.1, -0.05) is 47.1 Å². The molecule has 0 saturated heterocycles. The van der Waals surface area contributed by atoms with E-state index >= 15 is 0 Å². The molecule has 0 bridgehead atoms. The van der Waals surface area contributed by atoms with Gasteiger partial charge in [-0.05, 0) is 36.8 Å². The zero-order valence-corrected chi connectivity index (χ0v) is 16.5. The fraction of sp³-hybridized carbons (Fsp3) is 0.211. The first-order chi connectivity index (χ1) is 13.0. The van der Waals surface area contributed by atoms with Crippen molar-refractivity contribution in [2.45, 2.75) is 18.1 Å². The molecule has 0 fully saturated rings. The Labute approximate surface area is 169 Å². The maximum absolute atomic E-state index is 12.8. The number of para-hydroxylation sites is 1. The van der Waals surface area contributed by atoms with Gasteiger partial charge in [-0.15, -0.1) is 0 Å². The predicted octanol–water partition coefficient (Wildman–Crippen LogP) is 4.06. The van der Waals surface area contributed by atoms with Crippen LogP contribution >= 0.6 is 35.0 Å². The van der Waals surface area contributed by atoms with Gasteiger partial charge < -0.3 is 5.11 Å². The number of aliphatic hydroxyl groups is 1. The van der Waals surface area contributed by atoms with Crippen LogP contribution in [-0.2, 0) is 6.54 Å². The summed E-state index contributed by atoms with van der Waals surface area (Å²) in [6.07, 6.45) is 0.425. The number of fused-ring (bicyclic) bond motifs is 1. The number of halogens is 2. The number of aromatic nitrogens is 2. The second-order valence-corrected chi connectivity index (χ2v) is 7.54. The van der Waals surface area contributed by atoms with Gasteiger partial charge in [-0.3, -0.25) is 14.2 Å². The summed E-state index contributed by atoms with van der Waals surface area (Å²) in [5, 5.41) is 10.8. The van der Waals surface area contributed by atoms with E-state index < -0.39 is 0 Å². The number of benzene rings is 2. The number of nitrogens with zero attached hydrogens (tertiary/aromatic N) is 2. The van der Waals surface area contributed by atoms with Gasteiger partial charge in [-0.25, -0.2) is 4.98 Å². The molecule has 8 heteroatoms. The first kappa shape index (κ1) is 19.9. The number of rotatable bonds is 7. The highest BCUT2D eigenvalue weighted by Gasteiger charge is 2.14. The molecule has 0 aliphatic heterocycles. The molecule has 0 amide bonds. The smallest absolute Gasteiger partial charge is 0.262 e. The Morgan fingerprint density at radius 1 is 1.15 bits per heavy atom. The van der Waals surface area contributed by atoms with Crippen LogP contribution in [0.3, 0.4) is 0 Å². The zero-order chi connectivity index (χ0) is 19.4. The van der Waals surface area contributed by atoms with E-state index in [0.717, 1.165) is 0 Å². The molecule has 3 rings (SSSR count). The van der Waals surface area contributed by atoms with E-state index in [1.807, 2.05) is 6.07 Å². The Morgan fingerprint density at radius 2 is 1.93 bits per heavy atom. The Morgan fingerprint density at radius 3 is 2.67 bits per heavy atom. The molecule has 1 aromatic heterocycles. The number of ketones is 1. The summed E-state index contributed by atoms with van der Waals surface area (Å²) in [4.78, 5) is 29.8. The van der Waals surface area contributed by atoms with Gasteiger partial charge in [-0.2, -0.15) is 0 Å². The maximum Gasteiger partial charge on any atom is 0.262 e. The number of Topliss-reactive ketones (excluding diaryl/α,β-unsaturated/α-hetero) is 1. The van der Waals surface area contributed by atoms with Crippen LogP contribution in [0.4, 0.5) is 0 Å². The summed E-state index contributed by atoms with van der Waals surface area (Å²) in [5.74, 6) is -0.0447. The highest BCUT2D eigenvalue weighted by molar-refractivity contribution is 7.99. The predicted molar refractivity (Wildman–Crippen MR) is 109 cm³/mol. The lowest BCUT2D eigenvalue weighted by Gasteiger charge is -2.12. The fourth-order valence-electron chi connectivity index (χ4n) is 2.57. The standard InChI is InChI=1S/C19H16Cl2N2O3S/c20-14-7-6-12(10-15(14)21)17(25)11-27-19-22-16-5-2-1-4-13(16)18(26)23(19)8-3-9-24/h1-2,4-7,10,24H,3,8-9,11H2. The van der Waals surface area contributed by atoms with E-state index in [0.29, 0.717) is 44.6 Å². The van der Waals surface area contributed by atoms with Crippen LogP contribution in [0.15, 0.2) is 52.4 Å². The van der Waals surface area contributed by atoms with Crippen LogP contribution in [0.1, 0.15) is 16.8 Å². The molecular weight excluding hydrogens is 407 g/mol. The van der Waals surface area contributed by atoms with Crippen molar-refractivity contribution in [3.8, 4) is 0 Å². The van der Waals surface area contributed by atoms with Gasteiger partial charge in [0, 0.05) is 18.7 Å². The molecule has 0 unspecified atom stereocenters. The van der Waals surface area contributed by atoms with Crippen LogP contribution in [0.2, 0.25) is 10.0 Å². The summed E-state index contributed by atoms with van der Waals surface area (Å²) >= 11 is 13.0. The van der Waals surface area contributed by atoms with E-state index in [1.165, 1.54) is 22.4 Å². The van der Waals surface area contributed by atoms with Gasteiger partial charge >= 0.3 is 0 Å². The largest absolute Gasteiger partial charge is 0.396 e. The third kappa shape index (κ3) is 4.52. The number of carbonyl (C=O) groups is 1. The molecule has 2 aromatic carbocycles. The van der Waals surface area contributed by atoms with Crippen molar-refractivity contribution in [2.24, 2.45) is 0 Å². The van der Waals surface area contributed by atoms with Gasteiger partial charge in [0.15, 0.2) is 10.9 Å². The molecule has 0 aliphatic carbocycles. The Balaban J connectivity index is 1.89. The van der Waals surface area contributed by atoms with Crippen molar-refractivity contribution >= 4 is 51.6 Å². The minimum absolute atomic E-state index is 0.0361. The van der Waals surface area contributed by atoms with E-state index in [2.05, 4.69) is 4.98 Å². The van der Waals surface area contributed by atoms with Crippen molar-refractivity contribution in [1.82, 2.24) is 9.55 Å². The first-order valence-electron chi connectivity index (χ1n) is 8.22. The van der Waals surface area contributed by atoms with Gasteiger partial charge in [0.1, 0.15) is 0 Å². The topological polar surface area (TPSA) is 72.2 Å². The fourth-order valence-corrected chi connectivity index (χ4v) is 3.78. The lowest BCUT2D eigenvalue weighted by atomic mass is 10.1. The third-order valence-electron chi connectivity index (χ3n) is 3.94. The number of hydrogen-bond acceptors (Lipinski definition) is 5. The molecule has 0 aliphatic rings. The molecule has 0 radical (unpaired) electrons. The molecule has 1 N–H and O–H groups in total. The van der Waals surface area contributed by atoms with E-state index in [4.69, 9.17) is 28.3 Å². The lowest BCUT2D eigenvalue weighted by Crippen LogP contribution is -2.24. The first-order valence-corrected chi connectivity index (χ1v) is 9.97. The van der Waals surface area contributed by atoms with Crippen LogP contribution in [0, 0.1) is 0 Å². The zero-order valence-electron chi connectivity index (χ0n) is 14.2. The molecule has 0 spiro atoms. The molecule has 140 valence electrons. The van der Waals surface area contributed by atoms with E-state index in [9.17, 15) is 9.59 Å². The minimum Gasteiger partial charge on any atom is -0.396 e. The number of hydrogen-bond donors (Lipinski definition) is 1. The van der Waals surface area contributed by atoms with Crippen LogP contribution < -0.4 is 5.56 Å². The highest BCUT2D eigenvalue weighted by atomic mass is 35.5. The minimum atomic E-state index is -0.182. The van der Waals surface area contributed by atoms with E-state index in [1.54, 1.807) is 30.3 Å². The molecule has 3 aromatic rings. The third-order valence-corrected chi connectivity index (χ3v) is 5.66. The van der Waals surface area contributed by atoms with Crippen molar-refractivity contribution in [2.75, 3.05) is 12.4 Å². The van der Waals surface area contributed by atoms with Crippen molar-refractivity contribution in [1.29, 1.82) is 0 Å². The number of carbonyl (C=O) groups excluding carboxylic acids is 1. The Bertz CT molecular complexity index is 1050. The second-order valence-electron chi connectivity index (χ2n) is 5.79. The quantitative estimate of drug-likeness (QED) is 0.353. The Hall–Kier alpha value is -1.86. The molecular formula is C19H16Cl2N2O3S. The number of aliphatic hydroxyl groups excluding tert-OH is 1. The normalized spacial score (nSPS) is 11.1. The van der Waals surface area contributed by atoms with Crippen LogP contribution in [-0.4, -0.2) is 32.8 Å². The van der Waals surface area contributed by atoms with Gasteiger partial charge in [0.2, 0.25) is 0 Å². The summed E-state index contributed by atoms with van der Waals surface area (Å²) < 4.78 is 1.51. The molecule has 0 atom stereocenters. The SMILES string of the molecule is O=C(CSc1nc2ccccc2c(=O)n1CCCO)c1ccc(Cl)c(Cl)c1. The van der Waals surface area contributed by atoms with Crippen molar-refractivity contribution < 1.29 is 9.90 Å². The lowest BCUT2D eigenvalue weighted by molar-refractivity contribution is 0.102. The summed E-state index contributed by atoms with van der Waals surface area (Å²) in [6, 6.07) is 11.8. The van der Waals surface area contributed by atoms with Gasteiger partial charge in [0.25, 0.3) is 5.56 Å². The summed E-state index contributed by atoms with van der Waals surface area (Å²) in [6.45, 7) is 0.294. The van der Waals surface area contributed by atoms with E-state index in [-0.39, 0.29) is 23.7 Å². The summed E-state index contributed by atoms with van der Waals surface area (Å²) in [5.41, 5.74) is 0.840. The molecule has 0 saturated carbocycles. The van der Waals surface area contributed by atoms with Gasteiger partial charge in [0.05, 0.1) is 26.7 Å².